The molecule has 8 atom stereocenters. The van der Waals surface area contributed by atoms with Gasteiger partial charge in [0.1, 0.15) is 11.7 Å². The first kappa shape index (κ1) is 22.1. The lowest BCUT2D eigenvalue weighted by Gasteiger charge is -2.57. The van der Waals surface area contributed by atoms with Gasteiger partial charge in [-0.15, -0.1) is 0 Å². The number of carbonyl (C=O) groups is 3. The second-order valence-corrected chi connectivity index (χ2v) is 11.2. The summed E-state index contributed by atoms with van der Waals surface area (Å²) in [5.74, 6) is 0.838. The van der Waals surface area contributed by atoms with Gasteiger partial charge in [-0.2, -0.15) is 0 Å². The standard InChI is InChI=1S/C26H36O6/c1-5-30-22(29)25(15-27)26(32-25)13-10-21-19-7-6-17-14-18(31-16(2)28)8-11-23(17,3)20(19)9-12-24(21,26)4/h6,15,18-21H,5,7-14H2,1-4H3/t18?,19?,20?,21?,23?,24?,25-,26?/m0/s1. The van der Waals surface area contributed by atoms with Crippen molar-refractivity contribution < 1.29 is 28.6 Å². The van der Waals surface area contributed by atoms with E-state index in [1.807, 2.05) is 0 Å². The van der Waals surface area contributed by atoms with Crippen LogP contribution < -0.4 is 0 Å². The van der Waals surface area contributed by atoms with Crippen molar-refractivity contribution >= 4 is 18.2 Å². The first-order valence-corrected chi connectivity index (χ1v) is 12.4. The SMILES string of the molecule is CCOC(=O)[C@]1(C=O)OC12CCC1C3CC=C4CC(OC(C)=O)CCC4(C)C3CCC12C. The largest absolute Gasteiger partial charge is 0.463 e. The van der Waals surface area contributed by atoms with Gasteiger partial charge >= 0.3 is 11.9 Å². The number of epoxide rings is 1. The summed E-state index contributed by atoms with van der Waals surface area (Å²) >= 11 is 0. The quantitative estimate of drug-likeness (QED) is 0.213. The Balaban J connectivity index is 1.41. The molecule has 1 heterocycles. The topological polar surface area (TPSA) is 82.2 Å². The van der Waals surface area contributed by atoms with Crippen molar-refractivity contribution in [3.8, 4) is 0 Å². The molecule has 6 nitrogen and oxygen atoms in total. The molecule has 4 aliphatic carbocycles. The maximum absolute atomic E-state index is 12.7. The predicted molar refractivity (Wildman–Crippen MR) is 117 cm³/mol. The van der Waals surface area contributed by atoms with Crippen molar-refractivity contribution in [2.75, 3.05) is 6.61 Å². The maximum atomic E-state index is 12.7. The van der Waals surface area contributed by atoms with Gasteiger partial charge in [-0.05, 0) is 75.0 Å². The highest BCUT2D eigenvalue weighted by molar-refractivity contribution is 6.02. The second kappa shape index (κ2) is 7.15. The monoisotopic (exact) mass is 444 g/mol. The van der Waals surface area contributed by atoms with Crippen LogP contribution in [-0.2, 0) is 28.6 Å². The molecule has 1 aliphatic heterocycles. The van der Waals surface area contributed by atoms with E-state index in [1.165, 1.54) is 12.5 Å². The highest BCUT2D eigenvalue weighted by Gasteiger charge is 2.85. The molecule has 6 heteroatoms. The van der Waals surface area contributed by atoms with Gasteiger partial charge in [-0.1, -0.05) is 25.5 Å². The van der Waals surface area contributed by atoms with Crippen molar-refractivity contribution in [1.82, 2.24) is 0 Å². The third-order valence-corrected chi connectivity index (χ3v) is 10.1. The van der Waals surface area contributed by atoms with Crippen LogP contribution in [0.5, 0.6) is 0 Å². The Bertz CT molecular complexity index is 880. The Hall–Kier alpha value is -1.69. The zero-order chi connectivity index (χ0) is 22.9. The van der Waals surface area contributed by atoms with E-state index in [2.05, 4.69) is 19.9 Å². The molecular weight excluding hydrogens is 408 g/mol. The lowest BCUT2D eigenvalue weighted by Crippen LogP contribution is -2.54. The van der Waals surface area contributed by atoms with Gasteiger partial charge in [0, 0.05) is 18.8 Å². The zero-order valence-electron chi connectivity index (χ0n) is 19.8. The van der Waals surface area contributed by atoms with Gasteiger partial charge < -0.3 is 14.2 Å². The zero-order valence-corrected chi connectivity index (χ0v) is 19.8. The van der Waals surface area contributed by atoms with Gasteiger partial charge in [0.05, 0.1) is 6.61 Å². The number of fused-ring (bicyclic) bond motifs is 6. The van der Waals surface area contributed by atoms with E-state index in [1.54, 1.807) is 6.92 Å². The molecule has 176 valence electrons. The first-order chi connectivity index (χ1) is 15.2. The number of hydrogen-bond donors (Lipinski definition) is 0. The molecule has 3 saturated carbocycles. The number of carbonyl (C=O) groups excluding carboxylic acids is 3. The summed E-state index contributed by atoms with van der Waals surface area (Å²) in [7, 11) is 0. The van der Waals surface area contributed by atoms with Crippen molar-refractivity contribution in [2.24, 2.45) is 28.6 Å². The fraction of sp³-hybridized carbons (Fsp3) is 0.808. The summed E-state index contributed by atoms with van der Waals surface area (Å²) in [6.07, 6.45) is 10.7. The van der Waals surface area contributed by atoms with Gasteiger partial charge in [-0.25, -0.2) is 4.79 Å². The average Bonchev–Trinajstić information content (AvgIpc) is 3.34. The Morgan fingerprint density at radius 1 is 1.16 bits per heavy atom. The smallest absolute Gasteiger partial charge is 0.349 e. The lowest BCUT2D eigenvalue weighted by molar-refractivity contribution is -0.151. The van der Waals surface area contributed by atoms with E-state index in [4.69, 9.17) is 14.2 Å². The van der Waals surface area contributed by atoms with Crippen molar-refractivity contribution in [3.63, 3.8) is 0 Å². The lowest BCUT2D eigenvalue weighted by atomic mass is 9.47. The van der Waals surface area contributed by atoms with Crippen LogP contribution >= 0.6 is 0 Å². The maximum Gasteiger partial charge on any atom is 0.349 e. The van der Waals surface area contributed by atoms with E-state index >= 15 is 0 Å². The second-order valence-electron chi connectivity index (χ2n) is 11.2. The number of aldehydes is 1. The molecular formula is C26H36O6. The summed E-state index contributed by atoms with van der Waals surface area (Å²) < 4.78 is 17.0. The fourth-order valence-electron chi connectivity index (χ4n) is 8.60. The number of hydrogen-bond acceptors (Lipinski definition) is 6. The highest BCUT2D eigenvalue weighted by atomic mass is 16.7. The summed E-state index contributed by atoms with van der Waals surface area (Å²) in [6.45, 7) is 8.17. The summed E-state index contributed by atoms with van der Waals surface area (Å²) in [5.41, 5.74) is -0.714. The molecule has 0 amide bonds. The van der Waals surface area contributed by atoms with Gasteiger partial charge in [0.15, 0.2) is 6.29 Å². The minimum Gasteiger partial charge on any atom is -0.463 e. The minimum atomic E-state index is -1.42. The normalized spacial score (nSPS) is 48.7. The van der Waals surface area contributed by atoms with Crippen molar-refractivity contribution in [3.05, 3.63) is 11.6 Å². The summed E-state index contributed by atoms with van der Waals surface area (Å²) in [6, 6.07) is 0. The Morgan fingerprint density at radius 3 is 2.59 bits per heavy atom. The molecule has 1 spiro atoms. The molecule has 5 rings (SSSR count). The Morgan fingerprint density at radius 2 is 1.91 bits per heavy atom. The average molecular weight is 445 g/mol. The van der Waals surface area contributed by atoms with Crippen LogP contribution in [0.25, 0.3) is 0 Å². The van der Waals surface area contributed by atoms with Crippen LogP contribution in [0.1, 0.15) is 79.1 Å². The van der Waals surface area contributed by atoms with Gasteiger partial charge in [0.25, 0.3) is 5.60 Å². The fourth-order valence-corrected chi connectivity index (χ4v) is 8.60. The van der Waals surface area contributed by atoms with Crippen LogP contribution in [0.15, 0.2) is 11.6 Å². The van der Waals surface area contributed by atoms with Crippen molar-refractivity contribution in [2.45, 2.75) is 96.4 Å². The summed E-state index contributed by atoms with van der Waals surface area (Å²) in [4.78, 5) is 36.3. The summed E-state index contributed by atoms with van der Waals surface area (Å²) in [5, 5.41) is 0. The van der Waals surface area contributed by atoms with Crippen LogP contribution in [-0.4, -0.2) is 42.1 Å². The molecule has 7 unspecified atom stereocenters. The predicted octanol–water partition coefficient (Wildman–Crippen LogP) is 4.15. The Kier molecular flexibility index (Phi) is 4.94. The third-order valence-electron chi connectivity index (χ3n) is 10.1. The molecule has 4 fully saturated rings. The molecule has 0 aromatic carbocycles. The highest BCUT2D eigenvalue weighted by Crippen LogP contribution is 2.75. The van der Waals surface area contributed by atoms with Crippen LogP contribution in [0.4, 0.5) is 0 Å². The van der Waals surface area contributed by atoms with Gasteiger partial charge in [-0.3, -0.25) is 9.59 Å². The van der Waals surface area contributed by atoms with E-state index in [0.717, 1.165) is 51.4 Å². The number of rotatable bonds is 4. The van der Waals surface area contributed by atoms with E-state index < -0.39 is 17.2 Å². The molecule has 0 radical (unpaired) electrons. The molecule has 0 N–H and O–H groups in total. The number of esters is 2. The van der Waals surface area contributed by atoms with Gasteiger partial charge in [0.2, 0.25) is 0 Å². The first-order valence-electron chi connectivity index (χ1n) is 12.4. The van der Waals surface area contributed by atoms with Crippen LogP contribution in [0, 0.1) is 28.6 Å². The van der Waals surface area contributed by atoms with Crippen LogP contribution in [0.2, 0.25) is 0 Å². The van der Waals surface area contributed by atoms with E-state index in [-0.39, 0.29) is 29.5 Å². The van der Waals surface area contributed by atoms with Crippen molar-refractivity contribution in [1.29, 1.82) is 0 Å². The molecule has 1 saturated heterocycles. The third kappa shape index (κ3) is 2.65. The molecule has 32 heavy (non-hydrogen) atoms. The van der Waals surface area contributed by atoms with E-state index in [9.17, 15) is 14.4 Å². The van der Waals surface area contributed by atoms with Crippen LogP contribution in [0.3, 0.4) is 0 Å². The number of allylic oxidation sites excluding steroid dienone is 1. The number of ether oxygens (including phenoxy) is 3. The molecule has 0 aromatic rings. The Labute approximate surface area is 190 Å². The minimum absolute atomic E-state index is 0.00429. The molecule has 0 aromatic heterocycles. The molecule has 0 bridgehead atoms. The molecule has 5 aliphatic rings. The van der Waals surface area contributed by atoms with E-state index in [0.29, 0.717) is 24.0 Å².